The molecule has 2 heterocycles. The highest BCUT2D eigenvalue weighted by Gasteiger charge is 2.44. The average molecular weight is 396 g/mol. The van der Waals surface area contributed by atoms with E-state index < -0.39 is 5.41 Å². The normalized spacial score (nSPS) is 21.3. The number of likely N-dealkylation sites (tertiary alicyclic amines) is 1. The van der Waals surface area contributed by atoms with E-state index >= 15 is 0 Å². The Balaban J connectivity index is 0.00000210. The highest BCUT2D eigenvalue weighted by atomic mass is 35.5. The van der Waals surface area contributed by atoms with Crippen molar-refractivity contribution in [3.63, 3.8) is 0 Å². The number of carbonyl (C=O) groups is 1. The van der Waals surface area contributed by atoms with Crippen molar-refractivity contribution in [1.29, 1.82) is 0 Å². The van der Waals surface area contributed by atoms with Crippen LogP contribution in [0.4, 0.5) is 0 Å². The summed E-state index contributed by atoms with van der Waals surface area (Å²) in [5.74, 6) is 1.46. The van der Waals surface area contributed by atoms with Crippen molar-refractivity contribution in [2.24, 2.45) is 0 Å². The number of fused-ring (bicyclic) bond motifs is 1. The summed E-state index contributed by atoms with van der Waals surface area (Å²) in [4.78, 5) is 15.5. The molecule has 0 N–H and O–H groups in total. The molecule has 0 aromatic heterocycles. The molecule has 0 spiro atoms. The first kappa shape index (κ1) is 20.3. The van der Waals surface area contributed by atoms with Crippen LogP contribution in [-0.4, -0.2) is 50.3 Å². The lowest BCUT2D eigenvalue weighted by atomic mass is 9.78. The Morgan fingerprint density at radius 1 is 1.00 bits per heavy atom. The first-order valence-corrected chi connectivity index (χ1v) is 10.1. The number of benzene rings is 1. The van der Waals surface area contributed by atoms with Crippen molar-refractivity contribution in [3.05, 3.63) is 23.8 Å². The fraction of sp³-hybridized carbons (Fsp3) is 0.667. The number of esters is 1. The third-order valence-electron chi connectivity index (χ3n) is 6.03. The highest BCUT2D eigenvalue weighted by Crippen LogP contribution is 2.45. The van der Waals surface area contributed by atoms with E-state index in [1.54, 1.807) is 0 Å². The molecule has 0 amide bonds. The van der Waals surface area contributed by atoms with Gasteiger partial charge in [0.2, 0.25) is 0 Å². The topological polar surface area (TPSA) is 48.0 Å². The number of hydrogen-bond acceptors (Lipinski definition) is 5. The SMILES string of the molecule is Cl.O=C(OCCN1CCCCC1)C1(c2ccc3c(c2)OCCO3)CCCC1. The number of piperidine rings is 1. The Morgan fingerprint density at radius 2 is 1.70 bits per heavy atom. The molecule has 5 nitrogen and oxygen atoms in total. The molecule has 0 atom stereocenters. The van der Waals surface area contributed by atoms with Crippen LogP contribution in [0.2, 0.25) is 0 Å². The number of halogens is 1. The predicted molar refractivity (Wildman–Crippen MR) is 106 cm³/mol. The van der Waals surface area contributed by atoms with Gasteiger partial charge in [0, 0.05) is 6.54 Å². The molecular formula is C21H30ClNO4. The Bertz CT molecular complexity index is 639. The van der Waals surface area contributed by atoms with Gasteiger partial charge in [0.1, 0.15) is 19.8 Å². The predicted octanol–water partition coefficient (Wildman–Crippen LogP) is 3.72. The molecule has 27 heavy (non-hydrogen) atoms. The molecule has 3 aliphatic rings. The summed E-state index contributed by atoms with van der Waals surface area (Å²) < 4.78 is 17.1. The molecule has 1 aliphatic carbocycles. The summed E-state index contributed by atoms with van der Waals surface area (Å²) in [6.07, 6.45) is 7.68. The van der Waals surface area contributed by atoms with Crippen LogP contribution in [-0.2, 0) is 14.9 Å². The molecule has 1 saturated heterocycles. The minimum Gasteiger partial charge on any atom is -0.486 e. The van der Waals surface area contributed by atoms with E-state index in [1.807, 2.05) is 18.2 Å². The molecule has 0 radical (unpaired) electrons. The van der Waals surface area contributed by atoms with E-state index in [0.717, 1.165) is 62.4 Å². The third kappa shape index (κ3) is 4.35. The van der Waals surface area contributed by atoms with Crippen LogP contribution in [0.15, 0.2) is 18.2 Å². The number of hydrogen-bond donors (Lipinski definition) is 0. The van der Waals surface area contributed by atoms with E-state index in [9.17, 15) is 4.79 Å². The lowest BCUT2D eigenvalue weighted by Gasteiger charge is -2.30. The van der Waals surface area contributed by atoms with Gasteiger partial charge in [-0.05, 0) is 56.5 Å². The molecule has 0 unspecified atom stereocenters. The zero-order chi connectivity index (χ0) is 17.8. The van der Waals surface area contributed by atoms with Gasteiger partial charge >= 0.3 is 5.97 Å². The third-order valence-corrected chi connectivity index (χ3v) is 6.03. The monoisotopic (exact) mass is 395 g/mol. The van der Waals surface area contributed by atoms with E-state index in [2.05, 4.69) is 4.90 Å². The van der Waals surface area contributed by atoms with Crippen LogP contribution >= 0.6 is 12.4 Å². The Hall–Kier alpha value is -1.46. The van der Waals surface area contributed by atoms with Gasteiger partial charge in [-0.3, -0.25) is 9.69 Å². The van der Waals surface area contributed by atoms with Gasteiger partial charge in [0.25, 0.3) is 0 Å². The maximum Gasteiger partial charge on any atom is 0.316 e. The molecule has 1 saturated carbocycles. The summed E-state index contributed by atoms with van der Waals surface area (Å²) in [5.41, 5.74) is 0.500. The van der Waals surface area contributed by atoms with Crippen molar-refractivity contribution < 1.29 is 19.0 Å². The van der Waals surface area contributed by atoms with E-state index in [1.165, 1.54) is 19.3 Å². The summed E-state index contributed by atoms with van der Waals surface area (Å²) >= 11 is 0. The van der Waals surface area contributed by atoms with Crippen molar-refractivity contribution in [1.82, 2.24) is 4.90 Å². The molecular weight excluding hydrogens is 366 g/mol. The Morgan fingerprint density at radius 3 is 2.44 bits per heavy atom. The molecule has 1 aromatic carbocycles. The minimum absolute atomic E-state index is 0. The van der Waals surface area contributed by atoms with Gasteiger partial charge in [0.15, 0.2) is 11.5 Å². The molecule has 0 bridgehead atoms. The molecule has 4 rings (SSSR count). The van der Waals surface area contributed by atoms with Crippen LogP contribution in [0.3, 0.4) is 0 Å². The van der Waals surface area contributed by atoms with Gasteiger partial charge in [-0.15, -0.1) is 12.4 Å². The van der Waals surface area contributed by atoms with Gasteiger partial charge < -0.3 is 14.2 Å². The second-order valence-electron chi connectivity index (χ2n) is 7.69. The van der Waals surface area contributed by atoms with Crippen LogP contribution < -0.4 is 9.47 Å². The zero-order valence-electron chi connectivity index (χ0n) is 15.9. The smallest absolute Gasteiger partial charge is 0.316 e. The van der Waals surface area contributed by atoms with E-state index in [-0.39, 0.29) is 18.4 Å². The lowest BCUT2D eigenvalue weighted by molar-refractivity contribution is -0.151. The first-order valence-electron chi connectivity index (χ1n) is 10.1. The summed E-state index contributed by atoms with van der Waals surface area (Å²) in [6, 6.07) is 5.95. The maximum atomic E-state index is 13.1. The van der Waals surface area contributed by atoms with Crippen molar-refractivity contribution >= 4 is 18.4 Å². The zero-order valence-corrected chi connectivity index (χ0v) is 16.7. The lowest BCUT2D eigenvalue weighted by Crippen LogP contribution is -2.38. The van der Waals surface area contributed by atoms with E-state index in [0.29, 0.717) is 19.8 Å². The molecule has 2 fully saturated rings. The Kier molecular flexibility index (Phi) is 6.88. The fourth-order valence-corrected chi connectivity index (χ4v) is 4.52. The highest BCUT2D eigenvalue weighted by molar-refractivity contribution is 5.85. The van der Waals surface area contributed by atoms with Crippen LogP contribution in [0.25, 0.3) is 0 Å². The second kappa shape index (κ2) is 9.16. The van der Waals surface area contributed by atoms with Crippen molar-refractivity contribution in [3.8, 4) is 11.5 Å². The molecule has 150 valence electrons. The van der Waals surface area contributed by atoms with Gasteiger partial charge in [-0.2, -0.15) is 0 Å². The number of rotatable bonds is 5. The summed E-state index contributed by atoms with van der Waals surface area (Å²) in [6.45, 7) is 4.74. The minimum atomic E-state index is -0.516. The van der Waals surface area contributed by atoms with Gasteiger partial charge in [-0.1, -0.05) is 25.3 Å². The fourth-order valence-electron chi connectivity index (χ4n) is 4.52. The van der Waals surface area contributed by atoms with Crippen molar-refractivity contribution in [2.75, 3.05) is 39.5 Å². The van der Waals surface area contributed by atoms with Crippen molar-refractivity contribution in [2.45, 2.75) is 50.4 Å². The Labute approximate surface area is 167 Å². The number of ether oxygens (including phenoxy) is 3. The molecule has 6 heteroatoms. The van der Waals surface area contributed by atoms with Crippen LogP contribution in [0, 0.1) is 0 Å². The molecule has 1 aromatic rings. The van der Waals surface area contributed by atoms with E-state index in [4.69, 9.17) is 14.2 Å². The molecule has 2 aliphatic heterocycles. The number of nitrogens with zero attached hydrogens (tertiary/aromatic N) is 1. The number of carbonyl (C=O) groups excluding carboxylic acids is 1. The quantitative estimate of drug-likeness (QED) is 0.711. The first-order chi connectivity index (χ1) is 12.8. The van der Waals surface area contributed by atoms with Gasteiger partial charge in [-0.25, -0.2) is 0 Å². The maximum absolute atomic E-state index is 13.1. The largest absolute Gasteiger partial charge is 0.486 e. The van der Waals surface area contributed by atoms with Crippen LogP contribution in [0.1, 0.15) is 50.5 Å². The summed E-state index contributed by atoms with van der Waals surface area (Å²) in [7, 11) is 0. The standard InChI is InChI=1S/C21H29NO4.ClH/c23-20(26-13-12-22-10-4-1-5-11-22)21(8-2-3-9-21)17-6-7-18-19(16-17)25-15-14-24-18;/h6-7,16H,1-5,8-15H2;1H. The van der Waals surface area contributed by atoms with Gasteiger partial charge in [0.05, 0.1) is 5.41 Å². The second-order valence-corrected chi connectivity index (χ2v) is 7.69. The average Bonchev–Trinajstić information content (AvgIpc) is 3.19. The van der Waals surface area contributed by atoms with Crippen LogP contribution in [0.5, 0.6) is 11.5 Å². The summed E-state index contributed by atoms with van der Waals surface area (Å²) in [5, 5.41) is 0.